The van der Waals surface area contributed by atoms with Crippen LogP contribution in [0.25, 0.3) is 0 Å². The maximum Gasteiger partial charge on any atom is 0.178 e. The maximum atomic E-state index is 11.4. The molecule has 3 nitrogen and oxygen atoms in total. The molecule has 2 unspecified atom stereocenters. The van der Waals surface area contributed by atoms with Crippen molar-refractivity contribution in [3.63, 3.8) is 0 Å². The molecule has 0 fully saturated rings. The van der Waals surface area contributed by atoms with E-state index in [2.05, 4.69) is 17.5 Å². The number of Topliss-reactive ketones (excluding diaryl/α,β-unsaturated/α-hetero) is 1. The van der Waals surface area contributed by atoms with Crippen LogP contribution < -0.4 is 4.72 Å². The zero-order chi connectivity index (χ0) is 9.72. The van der Waals surface area contributed by atoms with Gasteiger partial charge in [0.2, 0.25) is 0 Å². The van der Waals surface area contributed by atoms with Crippen molar-refractivity contribution in [2.75, 3.05) is 0 Å². The van der Waals surface area contributed by atoms with Crippen LogP contribution in [0.15, 0.2) is 0 Å². The monoisotopic (exact) mass is 191 g/mol. The predicted octanol–water partition coefficient (Wildman–Crippen LogP) is 1.19. The van der Waals surface area contributed by atoms with Crippen LogP contribution in [0, 0.1) is 0 Å². The van der Waals surface area contributed by atoms with Crippen molar-refractivity contribution in [1.82, 2.24) is 4.72 Å². The first kappa shape index (κ1) is 11.9. The van der Waals surface area contributed by atoms with Crippen LogP contribution in [0.3, 0.4) is 0 Å². The van der Waals surface area contributed by atoms with Gasteiger partial charge in [0.05, 0.1) is 12.1 Å². The summed E-state index contributed by atoms with van der Waals surface area (Å²) in [5, 5.41) is 0. The minimum atomic E-state index is -0.361. The quantitative estimate of drug-likeness (QED) is 0.641. The molecule has 2 atom stereocenters. The lowest BCUT2D eigenvalue weighted by Crippen LogP contribution is -2.37. The zero-order valence-electron chi connectivity index (χ0n) is 8.00. The van der Waals surface area contributed by atoms with E-state index in [1.807, 2.05) is 13.8 Å². The van der Waals surface area contributed by atoms with E-state index >= 15 is 0 Å². The molecule has 0 aliphatic heterocycles. The molecular formula is C8H17NO2S. The second-order valence-electron chi connectivity index (χ2n) is 3.08. The molecule has 0 rings (SSSR count). The number of ketones is 1. The summed E-state index contributed by atoms with van der Waals surface area (Å²) in [4.78, 5) is 11.4. The van der Waals surface area contributed by atoms with E-state index in [0.29, 0.717) is 0 Å². The van der Waals surface area contributed by atoms with Gasteiger partial charge < -0.3 is 4.74 Å². The molecule has 72 valence electrons. The molecule has 0 heterocycles. The van der Waals surface area contributed by atoms with Crippen molar-refractivity contribution in [2.45, 2.75) is 45.9 Å². The summed E-state index contributed by atoms with van der Waals surface area (Å²) in [7, 11) is 0. The van der Waals surface area contributed by atoms with Crippen LogP contribution in [0.5, 0.6) is 0 Å². The topological polar surface area (TPSA) is 38.3 Å². The fraction of sp³-hybridized carbons (Fsp3) is 0.875. The smallest absolute Gasteiger partial charge is 0.178 e. The van der Waals surface area contributed by atoms with E-state index in [1.54, 1.807) is 13.8 Å². The first-order chi connectivity index (χ1) is 5.49. The number of thiol groups is 1. The van der Waals surface area contributed by atoms with Crippen LogP contribution in [-0.4, -0.2) is 24.0 Å². The highest BCUT2D eigenvalue weighted by atomic mass is 32.1. The molecule has 0 radical (unpaired) electrons. The molecule has 0 saturated carbocycles. The predicted molar refractivity (Wildman–Crippen MR) is 52.3 cm³/mol. The van der Waals surface area contributed by atoms with Crippen LogP contribution in [0.1, 0.15) is 27.7 Å². The largest absolute Gasteiger partial charge is 0.368 e. The van der Waals surface area contributed by atoms with Gasteiger partial charge in [-0.15, -0.1) is 0 Å². The molecule has 1 N–H and O–H groups in total. The highest BCUT2D eigenvalue weighted by Gasteiger charge is 2.19. The van der Waals surface area contributed by atoms with Crippen molar-refractivity contribution in [3.8, 4) is 0 Å². The van der Waals surface area contributed by atoms with E-state index in [-0.39, 0.29) is 24.0 Å². The van der Waals surface area contributed by atoms with Crippen LogP contribution in [0.4, 0.5) is 0 Å². The molecule has 0 saturated heterocycles. The molecule has 0 aromatic rings. The van der Waals surface area contributed by atoms with Crippen LogP contribution in [-0.2, 0) is 9.53 Å². The molecule has 0 aliphatic carbocycles. The third kappa shape index (κ3) is 4.09. The Balaban J connectivity index is 3.92. The lowest BCUT2D eigenvalue weighted by molar-refractivity contribution is -0.133. The summed E-state index contributed by atoms with van der Waals surface area (Å²) in [5.74, 6) is 0.0266. The van der Waals surface area contributed by atoms with Gasteiger partial charge in [-0.3, -0.25) is 9.52 Å². The first-order valence-corrected chi connectivity index (χ1v) is 4.52. The molecule has 12 heavy (non-hydrogen) atoms. The van der Waals surface area contributed by atoms with E-state index in [4.69, 9.17) is 4.74 Å². The SMILES string of the molecule is CC(C)OC(C)C(=O)C(C)NS. The van der Waals surface area contributed by atoms with Gasteiger partial charge in [-0.05, 0) is 27.7 Å². The van der Waals surface area contributed by atoms with E-state index in [1.165, 1.54) is 0 Å². The summed E-state index contributed by atoms with van der Waals surface area (Å²) in [5.41, 5.74) is 0. The van der Waals surface area contributed by atoms with Gasteiger partial charge in [0.25, 0.3) is 0 Å². The molecule has 0 aromatic heterocycles. The molecule has 0 bridgehead atoms. The summed E-state index contributed by atoms with van der Waals surface area (Å²) in [6.07, 6.45) is -0.282. The highest BCUT2D eigenvalue weighted by molar-refractivity contribution is 7.78. The minimum absolute atomic E-state index is 0.0266. The minimum Gasteiger partial charge on any atom is -0.368 e. The van der Waals surface area contributed by atoms with Crippen molar-refractivity contribution in [1.29, 1.82) is 0 Å². The fourth-order valence-corrected chi connectivity index (χ4v) is 1.02. The van der Waals surface area contributed by atoms with Gasteiger partial charge in [0, 0.05) is 0 Å². The molecule has 0 aromatic carbocycles. The Morgan fingerprint density at radius 2 is 1.83 bits per heavy atom. The average Bonchev–Trinajstić information content (AvgIpc) is 2.00. The number of rotatable bonds is 5. The summed E-state index contributed by atoms with van der Waals surface area (Å²) < 4.78 is 7.90. The number of hydrogen-bond donors (Lipinski definition) is 2. The average molecular weight is 191 g/mol. The van der Waals surface area contributed by atoms with Gasteiger partial charge in [0.1, 0.15) is 6.10 Å². The normalized spacial score (nSPS) is 16.2. The number of hydrogen-bond acceptors (Lipinski definition) is 4. The molecule has 0 spiro atoms. The van der Waals surface area contributed by atoms with Crippen molar-refractivity contribution in [3.05, 3.63) is 0 Å². The second kappa shape index (κ2) is 5.56. The van der Waals surface area contributed by atoms with Crippen molar-refractivity contribution < 1.29 is 9.53 Å². The van der Waals surface area contributed by atoms with E-state index < -0.39 is 0 Å². The third-order valence-corrected chi connectivity index (χ3v) is 1.88. The molecule has 0 amide bonds. The molecular weight excluding hydrogens is 174 g/mol. The maximum absolute atomic E-state index is 11.4. The number of carbonyl (C=O) groups excluding carboxylic acids is 1. The summed E-state index contributed by atoms with van der Waals surface area (Å²) >= 11 is 3.81. The van der Waals surface area contributed by atoms with Crippen LogP contribution in [0.2, 0.25) is 0 Å². The number of ether oxygens (including phenoxy) is 1. The standard InChI is InChI=1S/C8H17NO2S/c1-5(2)11-7(4)8(10)6(3)9-12/h5-7,9,12H,1-4H3. The van der Waals surface area contributed by atoms with Gasteiger partial charge in [-0.25, -0.2) is 0 Å². The Morgan fingerprint density at radius 1 is 1.33 bits per heavy atom. The summed E-state index contributed by atoms with van der Waals surface area (Å²) in [6, 6.07) is -0.262. The molecule has 0 aliphatic rings. The summed E-state index contributed by atoms with van der Waals surface area (Å²) in [6.45, 7) is 7.32. The van der Waals surface area contributed by atoms with Gasteiger partial charge in [0.15, 0.2) is 5.78 Å². The lowest BCUT2D eigenvalue weighted by Gasteiger charge is -2.17. The number of carbonyl (C=O) groups is 1. The highest BCUT2D eigenvalue weighted by Crippen LogP contribution is 2.01. The Kier molecular flexibility index (Phi) is 5.53. The Bertz CT molecular complexity index is 150. The van der Waals surface area contributed by atoms with Crippen molar-refractivity contribution in [2.24, 2.45) is 0 Å². The fourth-order valence-electron chi connectivity index (χ4n) is 0.891. The Morgan fingerprint density at radius 3 is 2.17 bits per heavy atom. The van der Waals surface area contributed by atoms with Gasteiger partial charge >= 0.3 is 0 Å². The van der Waals surface area contributed by atoms with Gasteiger partial charge in [-0.1, -0.05) is 12.8 Å². The van der Waals surface area contributed by atoms with Crippen molar-refractivity contribution >= 4 is 18.6 Å². The van der Waals surface area contributed by atoms with E-state index in [0.717, 1.165) is 0 Å². The zero-order valence-corrected chi connectivity index (χ0v) is 8.89. The number of nitrogens with one attached hydrogen (secondary N) is 1. The first-order valence-electron chi connectivity index (χ1n) is 4.07. The lowest BCUT2D eigenvalue weighted by atomic mass is 10.1. The Labute approximate surface area is 79.4 Å². The van der Waals surface area contributed by atoms with E-state index in [9.17, 15) is 4.79 Å². The third-order valence-electron chi connectivity index (χ3n) is 1.50. The van der Waals surface area contributed by atoms with Crippen LogP contribution >= 0.6 is 12.8 Å². The van der Waals surface area contributed by atoms with Gasteiger partial charge in [-0.2, -0.15) is 0 Å². The molecule has 4 heteroatoms. The second-order valence-corrected chi connectivity index (χ2v) is 3.34. The Hall–Kier alpha value is -0.0600.